The summed E-state index contributed by atoms with van der Waals surface area (Å²) in [6.45, 7) is 2.04. The molecule has 1 aromatic heterocycles. The van der Waals surface area contributed by atoms with Crippen molar-refractivity contribution in [1.29, 1.82) is 0 Å². The Kier molecular flexibility index (Phi) is 4.76. The molecular formula is C15H20N2O3. The summed E-state index contributed by atoms with van der Waals surface area (Å²) in [6.07, 6.45) is 1.42. The molecule has 5 nitrogen and oxygen atoms in total. The van der Waals surface area contributed by atoms with Crippen LogP contribution in [0, 0.1) is 0 Å². The SMILES string of the molecule is CCOC(=O)CC(O)[C@@H](N)Cc1c[nH]c2ccccc12. The molecule has 0 spiro atoms. The van der Waals surface area contributed by atoms with E-state index < -0.39 is 18.1 Å². The van der Waals surface area contributed by atoms with Gasteiger partial charge in [0.1, 0.15) is 0 Å². The summed E-state index contributed by atoms with van der Waals surface area (Å²) in [5, 5.41) is 11.0. The number of benzene rings is 1. The van der Waals surface area contributed by atoms with Gasteiger partial charge < -0.3 is 20.6 Å². The maximum atomic E-state index is 11.3. The number of esters is 1. The number of hydrogen-bond donors (Lipinski definition) is 3. The lowest BCUT2D eigenvalue weighted by Gasteiger charge is -2.17. The van der Waals surface area contributed by atoms with Gasteiger partial charge in [-0.1, -0.05) is 18.2 Å². The molecule has 1 heterocycles. The van der Waals surface area contributed by atoms with E-state index >= 15 is 0 Å². The van der Waals surface area contributed by atoms with Crippen molar-refractivity contribution in [3.63, 3.8) is 0 Å². The van der Waals surface area contributed by atoms with Crippen LogP contribution in [0.5, 0.6) is 0 Å². The summed E-state index contributed by atoms with van der Waals surface area (Å²) in [7, 11) is 0. The Labute approximate surface area is 117 Å². The third-order valence-corrected chi connectivity index (χ3v) is 3.31. The molecule has 0 bridgehead atoms. The van der Waals surface area contributed by atoms with Gasteiger partial charge in [0.15, 0.2) is 0 Å². The van der Waals surface area contributed by atoms with E-state index in [0.29, 0.717) is 13.0 Å². The van der Waals surface area contributed by atoms with Gasteiger partial charge in [-0.15, -0.1) is 0 Å². The van der Waals surface area contributed by atoms with E-state index in [-0.39, 0.29) is 6.42 Å². The Morgan fingerprint density at radius 3 is 2.95 bits per heavy atom. The van der Waals surface area contributed by atoms with Gasteiger partial charge in [0.25, 0.3) is 0 Å². The molecule has 2 rings (SSSR count). The first kappa shape index (κ1) is 14.6. The molecule has 5 heteroatoms. The van der Waals surface area contributed by atoms with E-state index in [9.17, 15) is 9.90 Å². The number of hydrogen-bond acceptors (Lipinski definition) is 4. The van der Waals surface area contributed by atoms with Crippen molar-refractivity contribution in [3.8, 4) is 0 Å². The fraction of sp³-hybridized carbons (Fsp3) is 0.400. The molecule has 2 aromatic rings. The maximum Gasteiger partial charge on any atom is 0.308 e. The minimum Gasteiger partial charge on any atom is -0.466 e. The van der Waals surface area contributed by atoms with Crippen LogP contribution in [0.3, 0.4) is 0 Å². The van der Waals surface area contributed by atoms with Gasteiger partial charge in [0, 0.05) is 23.1 Å². The number of aromatic nitrogens is 1. The fourth-order valence-corrected chi connectivity index (χ4v) is 2.23. The molecule has 4 N–H and O–H groups in total. The summed E-state index contributed by atoms with van der Waals surface area (Å²) >= 11 is 0. The number of rotatable bonds is 6. The molecule has 0 amide bonds. The van der Waals surface area contributed by atoms with Gasteiger partial charge in [-0.05, 0) is 25.0 Å². The molecule has 0 fully saturated rings. The molecule has 108 valence electrons. The van der Waals surface area contributed by atoms with Crippen molar-refractivity contribution in [2.45, 2.75) is 31.9 Å². The summed E-state index contributed by atoms with van der Waals surface area (Å²) in [6, 6.07) is 7.40. The largest absolute Gasteiger partial charge is 0.466 e. The van der Waals surface area contributed by atoms with Crippen LogP contribution < -0.4 is 5.73 Å². The average molecular weight is 276 g/mol. The molecule has 20 heavy (non-hydrogen) atoms. The predicted octanol–water partition coefficient (Wildman–Crippen LogP) is 1.35. The number of fused-ring (bicyclic) bond motifs is 1. The lowest BCUT2D eigenvalue weighted by atomic mass is 10.00. The van der Waals surface area contributed by atoms with E-state index in [1.165, 1.54) is 0 Å². The number of aliphatic hydroxyl groups is 1. The van der Waals surface area contributed by atoms with Crippen LogP contribution in [0.2, 0.25) is 0 Å². The third kappa shape index (κ3) is 3.37. The van der Waals surface area contributed by atoms with E-state index in [2.05, 4.69) is 4.98 Å². The highest BCUT2D eigenvalue weighted by Gasteiger charge is 2.20. The van der Waals surface area contributed by atoms with Crippen molar-refractivity contribution in [2.75, 3.05) is 6.61 Å². The predicted molar refractivity (Wildman–Crippen MR) is 77.2 cm³/mol. The zero-order chi connectivity index (χ0) is 14.5. The number of para-hydroxylation sites is 1. The number of aliphatic hydroxyl groups excluding tert-OH is 1. The van der Waals surface area contributed by atoms with E-state index in [1.807, 2.05) is 30.5 Å². The van der Waals surface area contributed by atoms with Gasteiger partial charge in [-0.3, -0.25) is 4.79 Å². The minimum absolute atomic E-state index is 0.0721. The number of carbonyl (C=O) groups excluding carboxylic acids is 1. The first-order chi connectivity index (χ1) is 9.61. The Balaban J connectivity index is 2.00. The van der Waals surface area contributed by atoms with Crippen LogP contribution in [-0.2, 0) is 16.0 Å². The molecule has 1 unspecified atom stereocenters. The molecule has 0 aliphatic heterocycles. The zero-order valence-electron chi connectivity index (χ0n) is 11.5. The Hall–Kier alpha value is -1.85. The van der Waals surface area contributed by atoms with Crippen LogP contribution in [0.15, 0.2) is 30.5 Å². The fourth-order valence-electron chi connectivity index (χ4n) is 2.23. The zero-order valence-corrected chi connectivity index (χ0v) is 11.5. The Morgan fingerprint density at radius 1 is 1.45 bits per heavy atom. The van der Waals surface area contributed by atoms with Crippen molar-refractivity contribution in [2.24, 2.45) is 5.73 Å². The first-order valence-corrected chi connectivity index (χ1v) is 6.76. The molecule has 1 aromatic carbocycles. The first-order valence-electron chi connectivity index (χ1n) is 6.76. The van der Waals surface area contributed by atoms with Crippen molar-refractivity contribution >= 4 is 16.9 Å². The highest BCUT2D eigenvalue weighted by molar-refractivity contribution is 5.83. The number of carbonyl (C=O) groups is 1. The molecule has 0 radical (unpaired) electrons. The lowest BCUT2D eigenvalue weighted by Crippen LogP contribution is -2.38. The monoisotopic (exact) mass is 276 g/mol. The van der Waals surface area contributed by atoms with Gasteiger partial charge in [-0.2, -0.15) is 0 Å². The average Bonchev–Trinajstić information content (AvgIpc) is 2.82. The molecular weight excluding hydrogens is 256 g/mol. The van der Waals surface area contributed by atoms with E-state index in [4.69, 9.17) is 10.5 Å². The minimum atomic E-state index is -0.900. The van der Waals surface area contributed by atoms with Crippen molar-refractivity contribution < 1.29 is 14.6 Å². The van der Waals surface area contributed by atoms with Gasteiger partial charge in [0.05, 0.1) is 19.1 Å². The summed E-state index contributed by atoms with van der Waals surface area (Å²) < 4.78 is 4.81. The lowest BCUT2D eigenvalue weighted by molar-refractivity contribution is -0.145. The molecule has 0 aliphatic rings. The van der Waals surface area contributed by atoms with Crippen LogP contribution in [0.4, 0.5) is 0 Å². The summed E-state index contributed by atoms with van der Waals surface area (Å²) in [4.78, 5) is 14.5. The number of ether oxygens (including phenoxy) is 1. The maximum absolute atomic E-state index is 11.3. The topological polar surface area (TPSA) is 88.3 Å². The highest BCUT2D eigenvalue weighted by Crippen LogP contribution is 2.19. The number of nitrogens with one attached hydrogen (secondary N) is 1. The van der Waals surface area contributed by atoms with Gasteiger partial charge in [0.2, 0.25) is 0 Å². The van der Waals surface area contributed by atoms with Crippen molar-refractivity contribution in [3.05, 3.63) is 36.0 Å². The molecule has 0 saturated carbocycles. The van der Waals surface area contributed by atoms with Gasteiger partial charge >= 0.3 is 5.97 Å². The highest BCUT2D eigenvalue weighted by atomic mass is 16.5. The normalized spacial score (nSPS) is 14.2. The number of H-pyrrole nitrogens is 1. The van der Waals surface area contributed by atoms with E-state index in [1.54, 1.807) is 6.92 Å². The van der Waals surface area contributed by atoms with Crippen molar-refractivity contribution in [1.82, 2.24) is 4.98 Å². The molecule has 0 aliphatic carbocycles. The second-order valence-corrected chi connectivity index (χ2v) is 4.80. The smallest absolute Gasteiger partial charge is 0.308 e. The second-order valence-electron chi connectivity index (χ2n) is 4.80. The van der Waals surface area contributed by atoms with Crippen LogP contribution >= 0.6 is 0 Å². The standard InChI is InChI=1S/C15H20N2O3/c1-2-20-15(19)8-14(18)12(16)7-10-9-17-13-6-4-3-5-11(10)13/h3-6,9,12,14,17-18H,2,7-8,16H2,1H3/t12-,14?/m0/s1. The summed E-state index contributed by atoms with van der Waals surface area (Å²) in [5.41, 5.74) is 8.05. The van der Waals surface area contributed by atoms with E-state index in [0.717, 1.165) is 16.5 Å². The quantitative estimate of drug-likeness (QED) is 0.695. The Bertz CT molecular complexity index is 579. The van der Waals surface area contributed by atoms with Crippen LogP contribution in [-0.4, -0.2) is 34.8 Å². The second kappa shape index (κ2) is 6.54. The Morgan fingerprint density at radius 2 is 2.20 bits per heavy atom. The third-order valence-electron chi connectivity index (χ3n) is 3.31. The number of aromatic amines is 1. The van der Waals surface area contributed by atoms with Crippen LogP contribution in [0.1, 0.15) is 18.9 Å². The van der Waals surface area contributed by atoms with Crippen LogP contribution in [0.25, 0.3) is 10.9 Å². The van der Waals surface area contributed by atoms with Gasteiger partial charge in [-0.25, -0.2) is 0 Å². The molecule has 2 atom stereocenters. The summed E-state index contributed by atoms with van der Waals surface area (Å²) in [5.74, 6) is -0.422. The molecule has 0 saturated heterocycles. The number of nitrogens with two attached hydrogens (primary N) is 1.